The predicted octanol–water partition coefficient (Wildman–Crippen LogP) is 3.88. The van der Waals surface area contributed by atoms with E-state index in [4.69, 9.17) is 11.6 Å². The Kier molecular flexibility index (Phi) is 2.70. The van der Waals surface area contributed by atoms with Crippen LogP contribution in [0.3, 0.4) is 0 Å². The van der Waals surface area contributed by atoms with Crippen LogP contribution >= 0.6 is 11.6 Å². The Balaban J connectivity index is 2.09. The standard InChI is InChI=1S/C15H17ClN2/c1-15(2,10-5-3-6-11(16)9-10)14-12-7-4-8-13(12)17-18-14/h3,5-6,9H,4,7-8H2,1-2H3,(H,17,18). The minimum Gasteiger partial charge on any atom is -0.282 e. The molecule has 0 saturated heterocycles. The van der Waals surface area contributed by atoms with Crippen molar-refractivity contribution in [2.75, 3.05) is 0 Å². The highest BCUT2D eigenvalue weighted by Crippen LogP contribution is 2.36. The quantitative estimate of drug-likeness (QED) is 0.872. The van der Waals surface area contributed by atoms with Crippen molar-refractivity contribution in [1.82, 2.24) is 10.2 Å². The third-order valence-corrected chi connectivity index (χ3v) is 4.18. The maximum absolute atomic E-state index is 6.10. The minimum absolute atomic E-state index is 0.0979. The number of aryl methyl sites for hydroxylation is 1. The van der Waals surface area contributed by atoms with Crippen LogP contribution < -0.4 is 0 Å². The Bertz CT molecular complexity index is 584. The summed E-state index contributed by atoms with van der Waals surface area (Å²) >= 11 is 6.10. The van der Waals surface area contributed by atoms with Gasteiger partial charge in [-0.05, 0) is 42.5 Å². The molecule has 1 heterocycles. The topological polar surface area (TPSA) is 28.7 Å². The van der Waals surface area contributed by atoms with E-state index < -0.39 is 0 Å². The molecule has 0 unspecified atom stereocenters. The van der Waals surface area contributed by atoms with Crippen molar-refractivity contribution >= 4 is 11.6 Å². The van der Waals surface area contributed by atoms with Gasteiger partial charge in [0.25, 0.3) is 0 Å². The number of halogens is 1. The summed E-state index contributed by atoms with van der Waals surface area (Å²) in [4.78, 5) is 0. The number of rotatable bonds is 2. The lowest BCUT2D eigenvalue weighted by atomic mass is 9.79. The zero-order valence-electron chi connectivity index (χ0n) is 10.8. The van der Waals surface area contributed by atoms with Gasteiger partial charge in [0.2, 0.25) is 0 Å². The second-order valence-electron chi connectivity index (χ2n) is 5.52. The average molecular weight is 261 g/mol. The van der Waals surface area contributed by atoms with Crippen LogP contribution in [0.4, 0.5) is 0 Å². The molecular formula is C15H17ClN2. The number of fused-ring (bicyclic) bond motifs is 1. The van der Waals surface area contributed by atoms with Crippen molar-refractivity contribution in [3.63, 3.8) is 0 Å². The van der Waals surface area contributed by atoms with Gasteiger partial charge in [-0.25, -0.2) is 0 Å². The predicted molar refractivity (Wildman–Crippen MR) is 74.2 cm³/mol. The molecule has 0 amide bonds. The lowest BCUT2D eigenvalue weighted by Gasteiger charge is -2.24. The fourth-order valence-corrected chi connectivity index (χ4v) is 3.04. The number of aromatic amines is 1. The van der Waals surface area contributed by atoms with Gasteiger partial charge in [0.05, 0.1) is 5.69 Å². The van der Waals surface area contributed by atoms with E-state index in [1.165, 1.54) is 28.9 Å². The maximum Gasteiger partial charge on any atom is 0.0756 e. The molecular weight excluding hydrogens is 244 g/mol. The van der Waals surface area contributed by atoms with Gasteiger partial charge in [-0.1, -0.05) is 37.6 Å². The van der Waals surface area contributed by atoms with E-state index in [1.807, 2.05) is 18.2 Å². The molecule has 94 valence electrons. The highest BCUT2D eigenvalue weighted by atomic mass is 35.5. The molecule has 1 aromatic carbocycles. The Morgan fingerprint density at radius 2 is 2.11 bits per heavy atom. The summed E-state index contributed by atoms with van der Waals surface area (Å²) in [7, 11) is 0. The molecule has 2 aromatic rings. The molecule has 1 aliphatic carbocycles. The molecule has 1 aliphatic rings. The summed E-state index contributed by atoms with van der Waals surface area (Å²) in [5, 5.41) is 8.53. The van der Waals surface area contributed by atoms with E-state index in [0.717, 1.165) is 17.9 Å². The highest BCUT2D eigenvalue weighted by Gasteiger charge is 2.31. The number of hydrogen-bond donors (Lipinski definition) is 1. The maximum atomic E-state index is 6.10. The normalized spacial score (nSPS) is 14.8. The van der Waals surface area contributed by atoms with Crippen LogP contribution in [0.5, 0.6) is 0 Å². The summed E-state index contributed by atoms with van der Waals surface area (Å²) in [6.07, 6.45) is 3.52. The van der Waals surface area contributed by atoms with Crippen LogP contribution in [0.2, 0.25) is 5.02 Å². The van der Waals surface area contributed by atoms with Gasteiger partial charge in [0, 0.05) is 16.1 Å². The van der Waals surface area contributed by atoms with E-state index >= 15 is 0 Å². The van der Waals surface area contributed by atoms with Gasteiger partial charge in [-0.3, -0.25) is 5.10 Å². The number of aromatic nitrogens is 2. The van der Waals surface area contributed by atoms with Crippen molar-refractivity contribution in [2.24, 2.45) is 0 Å². The monoisotopic (exact) mass is 260 g/mol. The van der Waals surface area contributed by atoms with E-state index in [1.54, 1.807) is 0 Å². The molecule has 0 saturated carbocycles. The van der Waals surface area contributed by atoms with Crippen molar-refractivity contribution < 1.29 is 0 Å². The lowest BCUT2D eigenvalue weighted by Crippen LogP contribution is -2.21. The molecule has 0 fully saturated rings. The Hall–Kier alpha value is -1.28. The summed E-state index contributed by atoms with van der Waals surface area (Å²) in [5.74, 6) is 0. The third-order valence-electron chi connectivity index (χ3n) is 3.94. The van der Waals surface area contributed by atoms with E-state index in [2.05, 4.69) is 30.1 Å². The van der Waals surface area contributed by atoms with E-state index in [9.17, 15) is 0 Å². The summed E-state index contributed by atoms with van der Waals surface area (Å²) in [6, 6.07) is 8.09. The van der Waals surface area contributed by atoms with Gasteiger partial charge in [0.15, 0.2) is 0 Å². The highest BCUT2D eigenvalue weighted by molar-refractivity contribution is 6.30. The molecule has 0 spiro atoms. The minimum atomic E-state index is -0.0979. The van der Waals surface area contributed by atoms with E-state index in [-0.39, 0.29) is 5.41 Å². The molecule has 2 nitrogen and oxygen atoms in total. The zero-order chi connectivity index (χ0) is 12.8. The third kappa shape index (κ3) is 1.76. The van der Waals surface area contributed by atoms with Crippen LogP contribution in [0, 0.1) is 0 Å². The second-order valence-corrected chi connectivity index (χ2v) is 5.95. The first-order valence-corrected chi connectivity index (χ1v) is 6.79. The SMILES string of the molecule is CC(C)(c1cccc(Cl)c1)c1n[nH]c2c1CCC2. The van der Waals surface area contributed by atoms with Gasteiger partial charge >= 0.3 is 0 Å². The Labute approximate surface area is 112 Å². The largest absolute Gasteiger partial charge is 0.282 e. The first-order chi connectivity index (χ1) is 8.59. The van der Waals surface area contributed by atoms with Gasteiger partial charge in [0.1, 0.15) is 0 Å². The Morgan fingerprint density at radius 1 is 1.28 bits per heavy atom. The summed E-state index contributed by atoms with van der Waals surface area (Å²) in [6.45, 7) is 4.43. The van der Waals surface area contributed by atoms with Crippen LogP contribution in [0.15, 0.2) is 24.3 Å². The van der Waals surface area contributed by atoms with Crippen LogP contribution in [0.25, 0.3) is 0 Å². The first-order valence-electron chi connectivity index (χ1n) is 6.41. The number of benzene rings is 1. The van der Waals surface area contributed by atoms with Crippen molar-refractivity contribution in [1.29, 1.82) is 0 Å². The second kappa shape index (κ2) is 4.13. The lowest BCUT2D eigenvalue weighted by molar-refractivity contribution is 0.604. The van der Waals surface area contributed by atoms with Crippen LogP contribution in [-0.2, 0) is 18.3 Å². The van der Waals surface area contributed by atoms with Gasteiger partial charge in [-0.15, -0.1) is 0 Å². The molecule has 1 aromatic heterocycles. The smallest absolute Gasteiger partial charge is 0.0756 e. The molecule has 3 heteroatoms. The molecule has 3 rings (SSSR count). The zero-order valence-corrected chi connectivity index (χ0v) is 11.5. The molecule has 0 aliphatic heterocycles. The molecule has 1 N–H and O–H groups in total. The number of hydrogen-bond acceptors (Lipinski definition) is 1. The first kappa shape index (κ1) is 11.8. The van der Waals surface area contributed by atoms with Crippen molar-refractivity contribution in [3.05, 3.63) is 51.8 Å². The van der Waals surface area contributed by atoms with Crippen LogP contribution in [-0.4, -0.2) is 10.2 Å². The Morgan fingerprint density at radius 3 is 2.89 bits per heavy atom. The van der Waals surface area contributed by atoms with Crippen molar-refractivity contribution in [2.45, 2.75) is 38.5 Å². The number of nitrogens with one attached hydrogen (secondary N) is 1. The number of H-pyrrole nitrogens is 1. The summed E-state index contributed by atoms with van der Waals surface area (Å²) in [5.41, 5.74) is 5.04. The fourth-order valence-electron chi connectivity index (χ4n) is 2.85. The molecule has 0 bridgehead atoms. The number of nitrogens with zero attached hydrogens (tertiary/aromatic N) is 1. The fraction of sp³-hybridized carbons (Fsp3) is 0.400. The van der Waals surface area contributed by atoms with Gasteiger partial charge < -0.3 is 0 Å². The van der Waals surface area contributed by atoms with Crippen molar-refractivity contribution in [3.8, 4) is 0 Å². The summed E-state index contributed by atoms with van der Waals surface area (Å²) < 4.78 is 0. The van der Waals surface area contributed by atoms with Gasteiger partial charge in [-0.2, -0.15) is 5.10 Å². The average Bonchev–Trinajstić information content (AvgIpc) is 2.90. The molecule has 18 heavy (non-hydrogen) atoms. The molecule has 0 atom stereocenters. The van der Waals surface area contributed by atoms with Crippen LogP contribution in [0.1, 0.15) is 42.8 Å². The van der Waals surface area contributed by atoms with E-state index in [0.29, 0.717) is 0 Å². The molecule has 0 radical (unpaired) electrons.